The van der Waals surface area contributed by atoms with Gasteiger partial charge in [0.2, 0.25) is 23.6 Å². The zero-order valence-corrected chi connectivity index (χ0v) is 16.7. The minimum absolute atomic E-state index is 0.127. The molecule has 0 amide bonds. The van der Waals surface area contributed by atoms with Gasteiger partial charge in [-0.2, -0.15) is 0 Å². The zero-order valence-electron chi connectivity index (χ0n) is 16.7. The molecule has 0 unspecified atom stereocenters. The van der Waals surface area contributed by atoms with Gasteiger partial charge in [-0.05, 0) is 56.3 Å². The van der Waals surface area contributed by atoms with E-state index in [4.69, 9.17) is 31.1 Å². The molecule has 0 atom stereocenters. The summed E-state index contributed by atoms with van der Waals surface area (Å²) in [5.41, 5.74) is 4.10. The highest BCUT2D eigenvalue weighted by Gasteiger charge is 2.13. The summed E-state index contributed by atoms with van der Waals surface area (Å²) in [5.74, 6) is -0.663. The minimum Gasteiger partial charge on any atom is -0.421 e. The van der Waals surface area contributed by atoms with Gasteiger partial charge >= 0.3 is 0 Å². The number of hydrogen-bond donors (Lipinski definition) is 4. The summed E-state index contributed by atoms with van der Waals surface area (Å²) >= 11 is 0. The maximum Gasteiger partial charge on any atom is 0.221 e. The largest absolute Gasteiger partial charge is 0.421 e. The molecule has 6 nitrogen and oxygen atoms in total. The molecule has 6 heteroatoms. The molecule has 3 aromatic rings. The normalized spacial score (nSPS) is 10.2. The van der Waals surface area contributed by atoms with Crippen LogP contribution >= 0.6 is 0 Å². The first-order chi connectivity index (χ1) is 14.3. The first kappa shape index (κ1) is 20.7. The second kappa shape index (κ2) is 8.96. The molecular weight excluding hydrogens is 376 g/mol. The van der Waals surface area contributed by atoms with E-state index in [2.05, 4.69) is 0 Å². The summed E-state index contributed by atoms with van der Waals surface area (Å²) in [4.78, 5) is 0. The third-order valence-electron chi connectivity index (χ3n) is 4.42. The second-order valence-electron chi connectivity index (χ2n) is 6.83. The molecular formula is C24H22N4O2. The molecule has 150 valence electrons. The highest BCUT2D eigenvalue weighted by atomic mass is 16.5. The number of hydrogen-bond acceptors (Lipinski definition) is 6. The van der Waals surface area contributed by atoms with Gasteiger partial charge in [0.15, 0.2) is 0 Å². The maximum absolute atomic E-state index is 8.17. The Hall–Kier alpha value is -4.06. The quantitative estimate of drug-likeness (QED) is 0.364. The molecule has 30 heavy (non-hydrogen) atoms. The fraction of sp³-hybridized carbons (Fsp3) is 0.0833. The molecule has 0 bridgehead atoms. The van der Waals surface area contributed by atoms with E-state index in [1.807, 2.05) is 38.1 Å². The molecule has 3 aromatic carbocycles. The SMILES string of the molecule is Cc1ccc(C(=N)OC(=N)c2cccc(C(=N)OC(=N)c3ccc(C)cc3)c2)cc1. The molecule has 3 rings (SSSR count). The van der Waals surface area contributed by atoms with Crippen LogP contribution in [0.1, 0.15) is 33.4 Å². The molecule has 0 saturated carbocycles. The van der Waals surface area contributed by atoms with Gasteiger partial charge in [0.05, 0.1) is 0 Å². The Morgan fingerprint density at radius 2 is 0.833 bits per heavy atom. The van der Waals surface area contributed by atoms with Crippen LogP contribution in [0.5, 0.6) is 0 Å². The third kappa shape index (κ3) is 5.05. The molecule has 0 aromatic heterocycles. The summed E-state index contributed by atoms with van der Waals surface area (Å²) in [5, 5.41) is 32.5. The number of rotatable bonds is 4. The van der Waals surface area contributed by atoms with E-state index in [9.17, 15) is 0 Å². The smallest absolute Gasteiger partial charge is 0.221 e. The monoisotopic (exact) mass is 398 g/mol. The van der Waals surface area contributed by atoms with Crippen LogP contribution in [0.4, 0.5) is 0 Å². The van der Waals surface area contributed by atoms with E-state index in [0.717, 1.165) is 11.1 Å². The molecule has 0 aliphatic heterocycles. The fourth-order valence-electron chi connectivity index (χ4n) is 2.65. The zero-order chi connectivity index (χ0) is 21.7. The van der Waals surface area contributed by atoms with Crippen molar-refractivity contribution in [2.45, 2.75) is 13.8 Å². The average molecular weight is 398 g/mol. The molecule has 4 N–H and O–H groups in total. The van der Waals surface area contributed by atoms with Gasteiger partial charge < -0.3 is 9.47 Å². The Kier molecular flexibility index (Phi) is 6.17. The van der Waals surface area contributed by atoms with Gasteiger partial charge in [-0.3, -0.25) is 21.6 Å². The lowest BCUT2D eigenvalue weighted by molar-refractivity contribution is 0.536. The van der Waals surface area contributed by atoms with Gasteiger partial charge in [-0.25, -0.2) is 0 Å². The van der Waals surface area contributed by atoms with Crippen molar-refractivity contribution in [2.24, 2.45) is 0 Å². The van der Waals surface area contributed by atoms with Crippen molar-refractivity contribution in [1.29, 1.82) is 21.6 Å². The number of aryl methyl sites for hydroxylation is 2. The van der Waals surface area contributed by atoms with Crippen molar-refractivity contribution in [1.82, 2.24) is 0 Å². The summed E-state index contributed by atoms with van der Waals surface area (Å²) in [6.45, 7) is 3.91. The number of nitrogens with one attached hydrogen (secondary N) is 4. The first-order valence-electron chi connectivity index (χ1n) is 9.28. The Bertz CT molecular complexity index is 1030. The lowest BCUT2D eigenvalue weighted by Crippen LogP contribution is -2.15. The van der Waals surface area contributed by atoms with E-state index >= 15 is 0 Å². The first-order valence-corrected chi connectivity index (χ1v) is 9.28. The van der Waals surface area contributed by atoms with E-state index in [1.165, 1.54) is 0 Å². The standard InChI is InChI=1S/C24H22N4O2/c1-15-6-10-17(11-7-15)21(25)29-23(27)19-4-3-5-20(14-19)24(28)30-22(26)18-12-8-16(2)9-13-18/h3-14,25-28H,1-2H3. The molecule has 0 saturated heterocycles. The Labute approximate surface area is 175 Å². The second-order valence-corrected chi connectivity index (χ2v) is 6.83. The van der Waals surface area contributed by atoms with Crippen LogP contribution in [-0.2, 0) is 9.47 Å². The van der Waals surface area contributed by atoms with Crippen molar-refractivity contribution in [3.63, 3.8) is 0 Å². The van der Waals surface area contributed by atoms with Crippen molar-refractivity contribution in [2.75, 3.05) is 0 Å². The summed E-state index contributed by atoms with van der Waals surface area (Å²) in [6, 6.07) is 21.1. The fourth-order valence-corrected chi connectivity index (χ4v) is 2.65. The summed E-state index contributed by atoms with van der Waals surface area (Å²) < 4.78 is 10.7. The van der Waals surface area contributed by atoms with Gasteiger partial charge in [-0.15, -0.1) is 0 Å². The van der Waals surface area contributed by atoms with E-state index in [-0.39, 0.29) is 23.6 Å². The van der Waals surface area contributed by atoms with Crippen molar-refractivity contribution < 1.29 is 9.47 Å². The molecule has 0 heterocycles. The average Bonchev–Trinajstić information content (AvgIpc) is 2.74. The lowest BCUT2D eigenvalue weighted by atomic mass is 10.1. The Morgan fingerprint density at radius 3 is 1.20 bits per heavy atom. The summed E-state index contributed by atoms with van der Waals surface area (Å²) in [6.07, 6.45) is 0. The van der Waals surface area contributed by atoms with Gasteiger partial charge in [-0.1, -0.05) is 41.5 Å². The Balaban J connectivity index is 1.68. The molecule has 0 aliphatic carbocycles. The number of ether oxygens (including phenoxy) is 2. The van der Waals surface area contributed by atoms with Crippen LogP contribution in [0.25, 0.3) is 0 Å². The topological polar surface area (TPSA) is 114 Å². The van der Waals surface area contributed by atoms with Crippen LogP contribution in [-0.4, -0.2) is 23.6 Å². The molecule has 0 fully saturated rings. The van der Waals surface area contributed by atoms with Crippen LogP contribution < -0.4 is 0 Å². The Morgan fingerprint density at radius 1 is 0.500 bits per heavy atom. The van der Waals surface area contributed by atoms with Crippen molar-refractivity contribution in [3.8, 4) is 0 Å². The minimum atomic E-state index is -0.205. The highest BCUT2D eigenvalue weighted by molar-refractivity contribution is 6.07. The molecule has 0 radical (unpaired) electrons. The van der Waals surface area contributed by atoms with Crippen molar-refractivity contribution >= 4 is 23.6 Å². The maximum atomic E-state index is 8.17. The van der Waals surface area contributed by atoms with Crippen LogP contribution in [0.3, 0.4) is 0 Å². The van der Waals surface area contributed by atoms with Crippen LogP contribution in [0.2, 0.25) is 0 Å². The predicted molar refractivity (Wildman–Crippen MR) is 118 cm³/mol. The molecule has 0 aliphatic rings. The van der Waals surface area contributed by atoms with E-state index in [1.54, 1.807) is 48.5 Å². The van der Waals surface area contributed by atoms with Gasteiger partial charge in [0, 0.05) is 22.3 Å². The predicted octanol–water partition coefficient (Wildman–Crippen LogP) is 5.04. The lowest BCUT2D eigenvalue weighted by Gasteiger charge is -2.11. The highest BCUT2D eigenvalue weighted by Crippen LogP contribution is 2.12. The van der Waals surface area contributed by atoms with Crippen LogP contribution in [0.15, 0.2) is 72.8 Å². The van der Waals surface area contributed by atoms with Crippen LogP contribution in [0, 0.1) is 35.5 Å². The van der Waals surface area contributed by atoms with Crippen molar-refractivity contribution in [3.05, 3.63) is 106 Å². The van der Waals surface area contributed by atoms with E-state index in [0.29, 0.717) is 22.3 Å². The van der Waals surface area contributed by atoms with Gasteiger partial charge in [0.1, 0.15) is 0 Å². The number of benzene rings is 3. The summed E-state index contributed by atoms with van der Waals surface area (Å²) in [7, 11) is 0. The van der Waals surface area contributed by atoms with E-state index < -0.39 is 0 Å². The third-order valence-corrected chi connectivity index (χ3v) is 4.42. The molecule has 0 spiro atoms. The van der Waals surface area contributed by atoms with Gasteiger partial charge in [0.25, 0.3) is 0 Å².